The number of esters is 4. The maximum Gasteiger partial charge on any atom is 0.338 e. The zero-order valence-corrected chi connectivity index (χ0v) is 27.8. The molecule has 0 amide bonds. The topological polar surface area (TPSA) is 142 Å². The lowest BCUT2D eigenvalue weighted by molar-refractivity contribution is -0.138. The smallest absolute Gasteiger partial charge is 0.338 e. The molecule has 264 valence electrons. The van der Waals surface area contributed by atoms with Gasteiger partial charge in [-0.1, -0.05) is 33.1 Å². The van der Waals surface area contributed by atoms with Crippen LogP contribution in [0.2, 0.25) is 0 Å². The second kappa shape index (κ2) is 21.0. The third-order valence-corrected chi connectivity index (χ3v) is 7.47. The molecule has 49 heavy (non-hydrogen) atoms. The summed E-state index contributed by atoms with van der Waals surface area (Å²) in [6, 6.07) is 11.4. The van der Waals surface area contributed by atoms with E-state index in [1.807, 2.05) is 0 Å². The lowest BCUT2D eigenvalue weighted by Crippen LogP contribution is -2.36. The first-order valence-electron chi connectivity index (χ1n) is 16.1. The van der Waals surface area contributed by atoms with E-state index in [1.54, 1.807) is 42.5 Å². The monoisotopic (exact) mass is 680 g/mol. The fourth-order valence-electron chi connectivity index (χ4n) is 4.93. The summed E-state index contributed by atoms with van der Waals surface area (Å²) in [5.41, 5.74) is 0.297. The molecule has 3 rings (SSSR count). The van der Waals surface area contributed by atoms with Crippen molar-refractivity contribution < 1.29 is 57.1 Å². The highest BCUT2D eigenvalue weighted by atomic mass is 16.7. The van der Waals surface area contributed by atoms with Gasteiger partial charge >= 0.3 is 23.9 Å². The highest BCUT2D eigenvalue weighted by molar-refractivity contribution is 5.90. The van der Waals surface area contributed by atoms with Crippen LogP contribution in [-0.2, 0) is 33.3 Å². The van der Waals surface area contributed by atoms with E-state index in [1.165, 1.54) is 0 Å². The average Bonchev–Trinajstić information content (AvgIpc) is 3.12. The van der Waals surface area contributed by atoms with E-state index in [2.05, 4.69) is 26.7 Å². The summed E-state index contributed by atoms with van der Waals surface area (Å²) in [4.78, 5) is 47.1. The normalized spacial score (nSPS) is 16.7. The largest absolute Gasteiger partial charge is 0.490 e. The van der Waals surface area contributed by atoms with E-state index >= 15 is 0 Å². The molecular formula is C37H44O12. The van der Waals surface area contributed by atoms with Crippen molar-refractivity contribution in [2.24, 2.45) is 5.92 Å². The molecule has 1 aliphatic carbocycles. The Morgan fingerprint density at radius 2 is 1.35 bits per heavy atom. The van der Waals surface area contributed by atoms with Crippen LogP contribution in [0.4, 0.5) is 0 Å². The van der Waals surface area contributed by atoms with Crippen molar-refractivity contribution in [2.75, 3.05) is 33.2 Å². The van der Waals surface area contributed by atoms with Gasteiger partial charge in [0.1, 0.15) is 17.6 Å². The molecule has 0 aromatic heterocycles. The predicted octanol–water partition coefficient (Wildman–Crippen LogP) is 5.93. The van der Waals surface area contributed by atoms with Crippen molar-refractivity contribution in [2.45, 2.75) is 57.7 Å². The Morgan fingerprint density at radius 1 is 0.735 bits per heavy atom. The number of carbonyl (C=O) groups excluding carboxylic acids is 4. The number of rotatable bonds is 21. The van der Waals surface area contributed by atoms with Crippen LogP contribution in [0, 0.1) is 5.92 Å². The first kappa shape index (κ1) is 38.3. The van der Waals surface area contributed by atoms with Gasteiger partial charge in [-0.25, -0.2) is 19.2 Å². The fourth-order valence-corrected chi connectivity index (χ4v) is 4.93. The summed E-state index contributed by atoms with van der Waals surface area (Å²) in [6.07, 6.45) is 6.54. The Balaban J connectivity index is 1.52. The van der Waals surface area contributed by atoms with E-state index in [9.17, 15) is 19.2 Å². The number of hydrogen-bond donors (Lipinski definition) is 0. The van der Waals surface area contributed by atoms with Gasteiger partial charge in [0, 0.05) is 31.1 Å². The van der Waals surface area contributed by atoms with Gasteiger partial charge < -0.3 is 37.9 Å². The lowest BCUT2D eigenvalue weighted by Gasteiger charge is -2.35. The van der Waals surface area contributed by atoms with Crippen LogP contribution in [0.3, 0.4) is 0 Å². The highest BCUT2D eigenvalue weighted by Crippen LogP contribution is 2.33. The second-order valence-electron chi connectivity index (χ2n) is 10.9. The molecule has 1 unspecified atom stereocenters. The molecule has 0 spiro atoms. The molecule has 2 aromatic carbocycles. The number of ether oxygens (including phenoxy) is 8. The quantitative estimate of drug-likeness (QED) is 0.0385. The highest BCUT2D eigenvalue weighted by Gasteiger charge is 2.32. The minimum absolute atomic E-state index is 0.0469. The van der Waals surface area contributed by atoms with Gasteiger partial charge in [0.05, 0.1) is 38.1 Å². The van der Waals surface area contributed by atoms with Gasteiger partial charge in [-0.05, 0) is 67.6 Å². The molecule has 12 nitrogen and oxygen atoms in total. The van der Waals surface area contributed by atoms with Crippen molar-refractivity contribution in [1.29, 1.82) is 0 Å². The van der Waals surface area contributed by atoms with Gasteiger partial charge in [0.15, 0.2) is 18.3 Å². The van der Waals surface area contributed by atoms with Crippen LogP contribution >= 0.6 is 0 Å². The molecule has 1 saturated carbocycles. The van der Waals surface area contributed by atoms with Crippen LogP contribution < -0.4 is 18.9 Å². The summed E-state index contributed by atoms with van der Waals surface area (Å²) >= 11 is 0. The molecule has 0 heterocycles. The van der Waals surface area contributed by atoms with Gasteiger partial charge in [-0.15, -0.1) is 0 Å². The van der Waals surface area contributed by atoms with Gasteiger partial charge in [-0.3, -0.25) is 0 Å². The lowest BCUT2D eigenvalue weighted by atomic mass is 9.83. The third kappa shape index (κ3) is 13.5. The SMILES string of the molecule is C=CC(=O)OCCCOc1ccc(C(=O)O[C@@H]2CCC(OCOc3ccc(OC(=O)C=C)cc3)[C@H](CC)C2)cc1OCCCOC(=O)C=C. The molecule has 0 saturated heterocycles. The van der Waals surface area contributed by atoms with Crippen LogP contribution in [0.15, 0.2) is 80.4 Å². The van der Waals surface area contributed by atoms with E-state index in [-0.39, 0.29) is 51.3 Å². The van der Waals surface area contributed by atoms with Gasteiger partial charge in [-0.2, -0.15) is 0 Å². The molecule has 0 radical (unpaired) electrons. The van der Waals surface area contributed by atoms with E-state index in [4.69, 9.17) is 37.9 Å². The van der Waals surface area contributed by atoms with Crippen LogP contribution in [0.25, 0.3) is 0 Å². The second-order valence-corrected chi connectivity index (χ2v) is 10.9. The molecule has 0 aliphatic heterocycles. The first-order chi connectivity index (χ1) is 23.8. The number of hydrogen-bond acceptors (Lipinski definition) is 12. The van der Waals surface area contributed by atoms with Crippen LogP contribution in [0.1, 0.15) is 55.8 Å². The summed E-state index contributed by atoms with van der Waals surface area (Å²) in [6.45, 7) is 12.9. The average molecular weight is 681 g/mol. The third-order valence-electron chi connectivity index (χ3n) is 7.47. The van der Waals surface area contributed by atoms with Gasteiger partial charge in [0.2, 0.25) is 0 Å². The van der Waals surface area contributed by atoms with Crippen molar-refractivity contribution in [1.82, 2.24) is 0 Å². The van der Waals surface area contributed by atoms with Crippen molar-refractivity contribution >= 4 is 23.9 Å². The van der Waals surface area contributed by atoms with Crippen LogP contribution in [-0.4, -0.2) is 69.3 Å². The minimum Gasteiger partial charge on any atom is -0.490 e. The van der Waals surface area contributed by atoms with E-state index in [0.29, 0.717) is 60.7 Å². The zero-order chi connectivity index (χ0) is 35.4. The maximum absolute atomic E-state index is 13.2. The van der Waals surface area contributed by atoms with E-state index in [0.717, 1.165) is 24.6 Å². The maximum atomic E-state index is 13.2. The first-order valence-corrected chi connectivity index (χ1v) is 16.1. The van der Waals surface area contributed by atoms with Crippen molar-refractivity contribution in [3.63, 3.8) is 0 Å². The summed E-state index contributed by atoms with van der Waals surface area (Å²) in [5, 5.41) is 0. The Morgan fingerprint density at radius 3 is 1.96 bits per heavy atom. The molecule has 2 aromatic rings. The molecule has 12 heteroatoms. The summed E-state index contributed by atoms with van der Waals surface area (Å²) < 4.78 is 44.4. The molecule has 0 N–H and O–H groups in total. The molecule has 0 bridgehead atoms. The molecular weight excluding hydrogens is 636 g/mol. The van der Waals surface area contributed by atoms with Crippen molar-refractivity contribution in [3.05, 3.63) is 86.0 Å². The van der Waals surface area contributed by atoms with Crippen LogP contribution in [0.5, 0.6) is 23.0 Å². The van der Waals surface area contributed by atoms with Gasteiger partial charge in [0.25, 0.3) is 0 Å². The molecule has 1 aliphatic rings. The standard InChI is InChI=1S/C37H44O12/c1-5-26-23-30(16-18-31(26)47-25-46-28-12-14-29(15-13-28)48-36(40)8-4)49-37(41)27-11-17-32(42-19-9-21-44-34(38)6-2)33(24-27)43-20-10-22-45-35(39)7-3/h6-8,11-15,17,24,26,30-31H,2-5,9-10,16,18-23,25H2,1H3/t26-,30-,31?/m1/s1. The number of carbonyl (C=O) groups is 4. The Labute approximate surface area is 286 Å². The minimum atomic E-state index is -0.540. The Bertz CT molecular complexity index is 1420. The predicted molar refractivity (Wildman–Crippen MR) is 178 cm³/mol. The molecule has 3 atom stereocenters. The Kier molecular flexibility index (Phi) is 16.4. The fraction of sp³-hybridized carbons (Fsp3) is 0.405. The summed E-state index contributed by atoms with van der Waals surface area (Å²) in [5.74, 6) is -0.240. The number of benzene rings is 2. The Hall–Kier alpha value is -5.10. The molecule has 1 fully saturated rings. The van der Waals surface area contributed by atoms with E-state index < -0.39 is 23.9 Å². The zero-order valence-electron chi connectivity index (χ0n) is 27.8. The van der Waals surface area contributed by atoms with Crippen molar-refractivity contribution in [3.8, 4) is 23.0 Å². The summed E-state index contributed by atoms with van der Waals surface area (Å²) in [7, 11) is 0.